The normalized spacial score (nSPS) is 18.2. The SMILES string of the molecule is CCCNC(C)(CN1CCOc2ccccc2C1)C(=O)O. The van der Waals surface area contributed by atoms with E-state index in [1.165, 1.54) is 0 Å². The first kappa shape index (κ1) is 15.8. The van der Waals surface area contributed by atoms with Crippen LogP contribution in [-0.2, 0) is 11.3 Å². The summed E-state index contributed by atoms with van der Waals surface area (Å²) < 4.78 is 5.73. The third kappa shape index (κ3) is 3.95. The van der Waals surface area contributed by atoms with Crippen LogP contribution in [0.3, 0.4) is 0 Å². The molecular weight excluding hydrogens is 268 g/mol. The second-order valence-corrected chi connectivity index (χ2v) is 5.73. The molecule has 1 atom stereocenters. The number of carbonyl (C=O) groups is 1. The fraction of sp³-hybridized carbons (Fsp3) is 0.562. The van der Waals surface area contributed by atoms with Crippen molar-refractivity contribution in [3.63, 3.8) is 0 Å². The average molecular weight is 292 g/mol. The summed E-state index contributed by atoms with van der Waals surface area (Å²) in [7, 11) is 0. The Morgan fingerprint density at radius 1 is 1.48 bits per heavy atom. The number of hydrogen-bond acceptors (Lipinski definition) is 4. The third-order valence-corrected chi connectivity index (χ3v) is 3.81. The molecule has 1 aromatic carbocycles. The monoisotopic (exact) mass is 292 g/mol. The number of fused-ring (bicyclic) bond motifs is 1. The van der Waals surface area contributed by atoms with E-state index in [0.717, 1.165) is 24.3 Å². The Labute approximate surface area is 125 Å². The molecule has 1 heterocycles. The van der Waals surface area contributed by atoms with E-state index in [0.29, 0.717) is 26.2 Å². The lowest BCUT2D eigenvalue weighted by atomic mass is 10.0. The van der Waals surface area contributed by atoms with Gasteiger partial charge in [0.25, 0.3) is 0 Å². The molecule has 116 valence electrons. The molecule has 2 rings (SSSR count). The van der Waals surface area contributed by atoms with Crippen LogP contribution >= 0.6 is 0 Å². The highest BCUT2D eigenvalue weighted by molar-refractivity contribution is 5.78. The van der Waals surface area contributed by atoms with Crippen molar-refractivity contribution in [1.82, 2.24) is 10.2 Å². The van der Waals surface area contributed by atoms with Crippen molar-refractivity contribution in [2.45, 2.75) is 32.4 Å². The molecule has 1 aliphatic rings. The fourth-order valence-corrected chi connectivity index (χ4v) is 2.56. The van der Waals surface area contributed by atoms with Crippen LogP contribution in [0.2, 0.25) is 0 Å². The molecule has 0 amide bonds. The summed E-state index contributed by atoms with van der Waals surface area (Å²) in [6.07, 6.45) is 0.912. The van der Waals surface area contributed by atoms with E-state index in [2.05, 4.69) is 10.2 Å². The van der Waals surface area contributed by atoms with Crippen LogP contribution < -0.4 is 10.1 Å². The molecule has 0 saturated heterocycles. The van der Waals surface area contributed by atoms with Crippen LogP contribution in [0.15, 0.2) is 24.3 Å². The molecule has 0 aromatic heterocycles. The molecule has 1 aliphatic heterocycles. The highest BCUT2D eigenvalue weighted by Gasteiger charge is 2.35. The van der Waals surface area contributed by atoms with Gasteiger partial charge in [0.15, 0.2) is 0 Å². The van der Waals surface area contributed by atoms with Crippen LogP contribution in [0.5, 0.6) is 5.75 Å². The summed E-state index contributed by atoms with van der Waals surface area (Å²) in [5, 5.41) is 12.7. The molecule has 0 saturated carbocycles. The Kier molecular flexibility index (Phi) is 5.20. The van der Waals surface area contributed by atoms with Crippen molar-refractivity contribution in [2.24, 2.45) is 0 Å². The number of carboxylic acid groups (broad SMARTS) is 1. The average Bonchev–Trinajstić information content (AvgIpc) is 2.66. The summed E-state index contributed by atoms with van der Waals surface area (Å²) in [5.41, 5.74) is 0.174. The van der Waals surface area contributed by atoms with Crippen LogP contribution in [0.25, 0.3) is 0 Å². The summed E-state index contributed by atoms with van der Waals surface area (Å²) in [5.74, 6) is 0.0907. The first-order valence-corrected chi connectivity index (χ1v) is 7.46. The highest BCUT2D eigenvalue weighted by Crippen LogP contribution is 2.23. The maximum Gasteiger partial charge on any atom is 0.324 e. The summed E-state index contributed by atoms with van der Waals surface area (Å²) in [6.45, 7) is 6.97. The number of para-hydroxylation sites is 1. The number of aliphatic carboxylic acids is 1. The van der Waals surface area contributed by atoms with Gasteiger partial charge >= 0.3 is 5.97 Å². The van der Waals surface area contributed by atoms with E-state index in [1.807, 2.05) is 31.2 Å². The molecule has 5 nitrogen and oxygen atoms in total. The van der Waals surface area contributed by atoms with Gasteiger partial charge < -0.3 is 15.2 Å². The topological polar surface area (TPSA) is 61.8 Å². The van der Waals surface area contributed by atoms with E-state index in [4.69, 9.17) is 4.74 Å². The molecule has 0 spiro atoms. The van der Waals surface area contributed by atoms with Gasteiger partial charge in [-0.05, 0) is 26.0 Å². The molecule has 0 fully saturated rings. The Morgan fingerprint density at radius 2 is 2.24 bits per heavy atom. The molecule has 1 unspecified atom stereocenters. The maximum absolute atomic E-state index is 11.6. The van der Waals surface area contributed by atoms with Gasteiger partial charge in [-0.25, -0.2) is 0 Å². The van der Waals surface area contributed by atoms with E-state index in [9.17, 15) is 9.90 Å². The number of benzene rings is 1. The van der Waals surface area contributed by atoms with Gasteiger partial charge in [-0.1, -0.05) is 25.1 Å². The minimum absolute atomic E-state index is 0.458. The smallest absolute Gasteiger partial charge is 0.324 e. The van der Waals surface area contributed by atoms with Crippen molar-refractivity contribution in [2.75, 3.05) is 26.2 Å². The predicted octanol–water partition coefficient (Wildman–Crippen LogP) is 1.72. The molecule has 0 bridgehead atoms. The first-order valence-electron chi connectivity index (χ1n) is 7.46. The number of rotatable bonds is 6. The lowest BCUT2D eigenvalue weighted by Crippen LogP contribution is -2.57. The molecule has 21 heavy (non-hydrogen) atoms. The van der Waals surface area contributed by atoms with Gasteiger partial charge in [-0.2, -0.15) is 0 Å². The predicted molar refractivity (Wildman–Crippen MR) is 81.5 cm³/mol. The van der Waals surface area contributed by atoms with Crippen molar-refractivity contribution in [1.29, 1.82) is 0 Å². The van der Waals surface area contributed by atoms with Crippen LogP contribution in [0.1, 0.15) is 25.8 Å². The summed E-state index contributed by atoms with van der Waals surface area (Å²) >= 11 is 0. The molecular formula is C16H24N2O3. The number of nitrogens with one attached hydrogen (secondary N) is 1. The zero-order valence-corrected chi connectivity index (χ0v) is 12.8. The van der Waals surface area contributed by atoms with E-state index in [1.54, 1.807) is 6.92 Å². The zero-order chi connectivity index (χ0) is 15.3. The number of ether oxygens (including phenoxy) is 1. The van der Waals surface area contributed by atoms with Gasteiger partial charge in [-0.15, -0.1) is 0 Å². The second kappa shape index (κ2) is 6.91. The van der Waals surface area contributed by atoms with E-state index >= 15 is 0 Å². The van der Waals surface area contributed by atoms with E-state index < -0.39 is 11.5 Å². The van der Waals surface area contributed by atoms with E-state index in [-0.39, 0.29) is 0 Å². The molecule has 0 aliphatic carbocycles. The van der Waals surface area contributed by atoms with Gasteiger partial charge in [0.05, 0.1) is 0 Å². The van der Waals surface area contributed by atoms with Crippen LogP contribution in [0.4, 0.5) is 0 Å². The van der Waals surface area contributed by atoms with Crippen molar-refractivity contribution >= 4 is 5.97 Å². The van der Waals surface area contributed by atoms with Crippen LogP contribution in [0, 0.1) is 0 Å². The van der Waals surface area contributed by atoms with Crippen LogP contribution in [-0.4, -0.2) is 47.8 Å². The van der Waals surface area contributed by atoms with Gasteiger partial charge in [-0.3, -0.25) is 9.69 Å². The number of nitrogens with zero attached hydrogens (tertiary/aromatic N) is 1. The minimum atomic E-state index is -0.935. The summed E-state index contributed by atoms with van der Waals surface area (Å²) in [6, 6.07) is 7.94. The van der Waals surface area contributed by atoms with Gasteiger partial charge in [0.2, 0.25) is 0 Å². The third-order valence-electron chi connectivity index (χ3n) is 3.81. The van der Waals surface area contributed by atoms with Crippen molar-refractivity contribution in [3.8, 4) is 5.75 Å². The maximum atomic E-state index is 11.6. The fourth-order valence-electron chi connectivity index (χ4n) is 2.56. The quantitative estimate of drug-likeness (QED) is 0.836. The minimum Gasteiger partial charge on any atom is -0.492 e. The molecule has 5 heteroatoms. The zero-order valence-electron chi connectivity index (χ0n) is 12.8. The Bertz CT molecular complexity index is 492. The molecule has 0 radical (unpaired) electrons. The molecule has 2 N–H and O–H groups in total. The van der Waals surface area contributed by atoms with Gasteiger partial charge in [0.1, 0.15) is 17.9 Å². The standard InChI is InChI=1S/C16H24N2O3/c1-3-8-17-16(2,15(19)20)12-18-9-10-21-14-7-5-4-6-13(14)11-18/h4-7,17H,3,8-12H2,1-2H3,(H,19,20). The Balaban J connectivity index is 2.09. The van der Waals surface area contributed by atoms with Crippen molar-refractivity contribution < 1.29 is 14.6 Å². The first-order chi connectivity index (χ1) is 10.0. The van der Waals surface area contributed by atoms with Gasteiger partial charge in [0, 0.05) is 25.2 Å². The number of carboxylic acids is 1. The highest BCUT2D eigenvalue weighted by atomic mass is 16.5. The molecule has 1 aromatic rings. The Hall–Kier alpha value is -1.59. The lowest BCUT2D eigenvalue weighted by Gasteiger charge is -2.32. The lowest BCUT2D eigenvalue weighted by molar-refractivity contribution is -0.145. The Morgan fingerprint density at radius 3 is 2.95 bits per heavy atom. The number of hydrogen-bond donors (Lipinski definition) is 2. The summed E-state index contributed by atoms with van der Waals surface area (Å²) in [4.78, 5) is 13.8. The van der Waals surface area contributed by atoms with Crippen molar-refractivity contribution in [3.05, 3.63) is 29.8 Å². The second-order valence-electron chi connectivity index (χ2n) is 5.73. The largest absolute Gasteiger partial charge is 0.492 e.